The Morgan fingerprint density at radius 2 is 2.07 bits per heavy atom. The van der Waals surface area contributed by atoms with Gasteiger partial charge in [0.05, 0.1) is 17.4 Å². The summed E-state index contributed by atoms with van der Waals surface area (Å²) in [7, 11) is 0. The SMILES string of the molecule is O=C(Nc1cccc(-c2nnnn2C2CC2)c1)c1cccnc1SCC(F)(F)F. The van der Waals surface area contributed by atoms with Crippen molar-refractivity contribution in [2.24, 2.45) is 0 Å². The molecule has 3 aromatic rings. The van der Waals surface area contributed by atoms with E-state index in [4.69, 9.17) is 0 Å². The van der Waals surface area contributed by atoms with Gasteiger partial charge in [-0.1, -0.05) is 23.9 Å². The molecule has 11 heteroatoms. The Bertz CT molecular complexity index is 1030. The number of carbonyl (C=O) groups excluding carboxylic acids is 1. The van der Waals surface area contributed by atoms with Crippen LogP contribution in [0.5, 0.6) is 0 Å². The molecular weight excluding hydrogens is 405 g/mol. The summed E-state index contributed by atoms with van der Waals surface area (Å²) in [5.74, 6) is -1.06. The van der Waals surface area contributed by atoms with Gasteiger partial charge in [-0.05, 0) is 47.5 Å². The average Bonchev–Trinajstić information content (AvgIpc) is 3.42. The van der Waals surface area contributed by atoms with E-state index < -0.39 is 17.8 Å². The molecule has 1 aliphatic carbocycles. The van der Waals surface area contributed by atoms with E-state index in [1.54, 1.807) is 22.9 Å². The molecule has 7 nitrogen and oxygen atoms in total. The number of rotatable bonds is 6. The summed E-state index contributed by atoms with van der Waals surface area (Å²) in [5.41, 5.74) is 1.29. The number of hydrogen-bond donors (Lipinski definition) is 1. The highest BCUT2D eigenvalue weighted by molar-refractivity contribution is 7.99. The molecule has 1 fully saturated rings. The molecule has 2 heterocycles. The third-order valence-electron chi connectivity index (χ3n) is 4.15. The minimum absolute atomic E-state index is 0.0242. The molecule has 150 valence electrons. The number of carbonyl (C=O) groups is 1. The molecule has 1 aromatic carbocycles. The highest BCUT2D eigenvalue weighted by Gasteiger charge is 2.29. The second kappa shape index (κ2) is 7.82. The highest BCUT2D eigenvalue weighted by Crippen LogP contribution is 2.37. The largest absolute Gasteiger partial charge is 0.398 e. The maximum atomic E-state index is 12.7. The number of nitrogens with zero attached hydrogens (tertiary/aromatic N) is 5. The minimum atomic E-state index is -4.35. The lowest BCUT2D eigenvalue weighted by Gasteiger charge is -2.11. The van der Waals surface area contributed by atoms with Gasteiger partial charge in [0, 0.05) is 17.4 Å². The van der Waals surface area contributed by atoms with Crippen LogP contribution in [0, 0.1) is 0 Å². The molecular formula is C18H15F3N6OS. The van der Waals surface area contributed by atoms with Gasteiger partial charge in [0.2, 0.25) is 0 Å². The zero-order valence-electron chi connectivity index (χ0n) is 14.9. The standard InChI is InChI=1S/C18H15F3N6OS/c19-18(20,21)10-29-17-14(5-2-8-22-17)16(28)23-12-4-1-3-11(9-12)15-24-25-26-27(15)13-6-7-13/h1-5,8-9,13H,6-7,10H2,(H,23,28). The van der Waals surface area contributed by atoms with Crippen LogP contribution in [0.1, 0.15) is 29.2 Å². The van der Waals surface area contributed by atoms with Crippen molar-refractivity contribution < 1.29 is 18.0 Å². The summed E-state index contributed by atoms with van der Waals surface area (Å²) in [4.78, 5) is 16.6. The highest BCUT2D eigenvalue weighted by atomic mass is 32.2. The molecule has 0 unspecified atom stereocenters. The van der Waals surface area contributed by atoms with Crippen LogP contribution in [0.15, 0.2) is 47.6 Å². The fraction of sp³-hybridized carbons (Fsp3) is 0.278. The number of thioether (sulfide) groups is 1. The Morgan fingerprint density at radius 3 is 2.83 bits per heavy atom. The molecule has 0 radical (unpaired) electrons. The number of pyridine rings is 1. The number of aromatic nitrogens is 5. The fourth-order valence-corrected chi connectivity index (χ4v) is 3.46. The van der Waals surface area contributed by atoms with Crippen molar-refractivity contribution in [1.29, 1.82) is 0 Å². The van der Waals surface area contributed by atoms with Crippen LogP contribution in [0.2, 0.25) is 0 Å². The van der Waals surface area contributed by atoms with E-state index in [0.717, 1.165) is 18.4 Å². The molecule has 0 atom stereocenters. The van der Waals surface area contributed by atoms with Crippen LogP contribution in [0.25, 0.3) is 11.4 Å². The van der Waals surface area contributed by atoms with E-state index in [1.807, 2.05) is 6.07 Å². The number of amides is 1. The molecule has 0 saturated heterocycles. The Balaban J connectivity index is 1.53. The normalized spacial score (nSPS) is 14.0. The van der Waals surface area contributed by atoms with Crippen molar-refractivity contribution in [2.75, 3.05) is 11.1 Å². The average molecular weight is 420 g/mol. The quantitative estimate of drug-likeness (QED) is 0.607. The summed E-state index contributed by atoms with van der Waals surface area (Å²) in [6.45, 7) is 0. The van der Waals surface area contributed by atoms with Gasteiger partial charge in [0.1, 0.15) is 5.03 Å². The molecule has 29 heavy (non-hydrogen) atoms. The minimum Gasteiger partial charge on any atom is -0.322 e. The van der Waals surface area contributed by atoms with E-state index in [9.17, 15) is 18.0 Å². The maximum absolute atomic E-state index is 12.7. The van der Waals surface area contributed by atoms with Crippen LogP contribution < -0.4 is 5.32 Å². The van der Waals surface area contributed by atoms with Crippen LogP contribution in [-0.4, -0.2) is 43.0 Å². The monoisotopic (exact) mass is 420 g/mol. The smallest absolute Gasteiger partial charge is 0.322 e. The molecule has 1 aliphatic rings. The number of hydrogen-bond acceptors (Lipinski definition) is 6. The van der Waals surface area contributed by atoms with E-state index in [-0.39, 0.29) is 10.6 Å². The molecule has 1 amide bonds. The molecule has 4 rings (SSSR count). The number of benzene rings is 1. The summed E-state index contributed by atoms with van der Waals surface area (Å²) < 4.78 is 39.3. The zero-order valence-corrected chi connectivity index (χ0v) is 15.7. The third kappa shape index (κ3) is 4.73. The predicted molar refractivity (Wildman–Crippen MR) is 100 cm³/mol. The lowest BCUT2D eigenvalue weighted by atomic mass is 10.1. The third-order valence-corrected chi connectivity index (χ3v) is 5.22. The van der Waals surface area contributed by atoms with Gasteiger partial charge in [0.15, 0.2) is 5.82 Å². The number of anilines is 1. The first-order valence-corrected chi connectivity index (χ1v) is 9.73. The number of alkyl halides is 3. The predicted octanol–water partition coefficient (Wildman–Crippen LogP) is 3.98. The number of tetrazole rings is 1. The molecule has 0 aliphatic heterocycles. The van der Waals surface area contributed by atoms with Crippen molar-refractivity contribution >= 4 is 23.4 Å². The topological polar surface area (TPSA) is 85.6 Å². The summed E-state index contributed by atoms with van der Waals surface area (Å²) in [5, 5.41) is 14.5. The summed E-state index contributed by atoms with van der Waals surface area (Å²) in [6, 6.07) is 10.2. The van der Waals surface area contributed by atoms with Crippen molar-refractivity contribution in [3.05, 3.63) is 48.2 Å². The first-order chi connectivity index (χ1) is 13.9. The molecule has 1 N–H and O–H groups in total. The fourth-order valence-electron chi connectivity index (χ4n) is 2.71. The van der Waals surface area contributed by atoms with Gasteiger partial charge >= 0.3 is 6.18 Å². The van der Waals surface area contributed by atoms with Gasteiger partial charge in [-0.2, -0.15) is 13.2 Å². The number of nitrogens with one attached hydrogen (secondary N) is 1. The molecule has 1 saturated carbocycles. The Kier molecular flexibility index (Phi) is 5.22. The van der Waals surface area contributed by atoms with Crippen molar-refractivity contribution in [3.8, 4) is 11.4 Å². The van der Waals surface area contributed by atoms with Crippen molar-refractivity contribution in [2.45, 2.75) is 30.1 Å². The van der Waals surface area contributed by atoms with Gasteiger partial charge in [0.25, 0.3) is 5.91 Å². The second-order valence-electron chi connectivity index (χ2n) is 6.47. The van der Waals surface area contributed by atoms with Crippen LogP contribution in [0.4, 0.5) is 18.9 Å². The van der Waals surface area contributed by atoms with Gasteiger partial charge in [-0.3, -0.25) is 4.79 Å². The Morgan fingerprint density at radius 1 is 1.24 bits per heavy atom. The van der Waals surface area contributed by atoms with Crippen LogP contribution in [-0.2, 0) is 0 Å². The summed E-state index contributed by atoms with van der Waals surface area (Å²) in [6.07, 6.45) is -0.953. The van der Waals surface area contributed by atoms with Crippen molar-refractivity contribution in [3.63, 3.8) is 0 Å². The van der Waals surface area contributed by atoms with Crippen LogP contribution >= 0.6 is 11.8 Å². The Labute approximate surface area is 167 Å². The van der Waals surface area contributed by atoms with Crippen LogP contribution in [0.3, 0.4) is 0 Å². The molecule has 0 bridgehead atoms. The second-order valence-corrected chi connectivity index (χ2v) is 7.44. The molecule has 0 spiro atoms. The number of halogens is 3. The van der Waals surface area contributed by atoms with E-state index >= 15 is 0 Å². The Hall–Kier alpha value is -2.95. The first kappa shape index (κ1) is 19.4. The summed E-state index contributed by atoms with van der Waals surface area (Å²) >= 11 is 0.479. The van der Waals surface area contributed by atoms with E-state index in [1.165, 1.54) is 18.3 Å². The van der Waals surface area contributed by atoms with Crippen molar-refractivity contribution in [1.82, 2.24) is 25.2 Å². The van der Waals surface area contributed by atoms with Gasteiger partial charge in [-0.25, -0.2) is 9.67 Å². The lowest BCUT2D eigenvalue weighted by Crippen LogP contribution is -2.15. The van der Waals surface area contributed by atoms with Gasteiger partial charge in [-0.15, -0.1) is 5.10 Å². The molecule has 2 aromatic heterocycles. The lowest BCUT2D eigenvalue weighted by molar-refractivity contribution is -0.105. The van der Waals surface area contributed by atoms with E-state index in [0.29, 0.717) is 29.3 Å². The zero-order chi connectivity index (χ0) is 20.4. The van der Waals surface area contributed by atoms with Gasteiger partial charge < -0.3 is 5.32 Å². The maximum Gasteiger partial charge on any atom is 0.398 e. The first-order valence-electron chi connectivity index (χ1n) is 8.75. The van der Waals surface area contributed by atoms with E-state index in [2.05, 4.69) is 25.8 Å².